The van der Waals surface area contributed by atoms with Crippen molar-refractivity contribution < 1.29 is 4.74 Å². The minimum absolute atomic E-state index is 0.380. The maximum atomic E-state index is 5.65. The van der Waals surface area contributed by atoms with Crippen LogP contribution in [0.4, 0.5) is 0 Å². The smallest absolute Gasteiger partial charge is 0.123 e. The molecule has 0 aromatic heterocycles. The topological polar surface area (TPSA) is 38.5 Å². The third kappa shape index (κ3) is 3.22. The number of hydrogen-bond donors (Lipinski definition) is 1. The molecule has 3 heteroatoms. The van der Waals surface area contributed by atoms with Crippen LogP contribution in [-0.2, 0) is 6.54 Å². The summed E-state index contributed by atoms with van der Waals surface area (Å²) < 4.78 is 5.36. The van der Waals surface area contributed by atoms with Crippen LogP contribution >= 0.6 is 0 Å². The fourth-order valence-corrected chi connectivity index (χ4v) is 1.64. The molecule has 0 spiro atoms. The van der Waals surface area contributed by atoms with Gasteiger partial charge < -0.3 is 10.5 Å². The third-order valence-electron chi connectivity index (χ3n) is 2.95. The van der Waals surface area contributed by atoms with E-state index in [4.69, 9.17) is 10.5 Å². The van der Waals surface area contributed by atoms with E-state index in [1.807, 2.05) is 6.07 Å². The standard InChI is InChI=1S/C13H22N2O/c1-10-5-6-13(16-4)12(7-10)9-15(3)11(2)8-14/h5-7,11H,8-9,14H2,1-4H3. The van der Waals surface area contributed by atoms with Crippen molar-refractivity contribution in [2.75, 3.05) is 20.7 Å². The van der Waals surface area contributed by atoms with Gasteiger partial charge in [0, 0.05) is 24.7 Å². The molecule has 90 valence electrons. The second kappa shape index (κ2) is 5.87. The highest BCUT2D eigenvalue weighted by Crippen LogP contribution is 2.21. The van der Waals surface area contributed by atoms with E-state index in [-0.39, 0.29) is 0 Å². The lowest BCUT2D eigenvalue weighted by atomic mass is 10.1. The van der Waals surface area contributed by atoms with E-state index in [0.717, 1.165) is 12.3 Å². The number of likely N-dealkylation sites (N-methyl/N-ethyl adjacent to an activating group) is 1. The van der Waals surface area contributed by atoms with E-state index in [1.54, 1.807) is 7.11 Å². The monoisotopic (exact) mass is 222 g/mol. The summed E-state index contributed by atoms with van der Waals surface area (Å²) in [6.45, 7) is 5.76. The Morgan fingerprint density at radius 3 is 2.69 bits per heavy atom. The number of nitrogens with two attached hydrogens (primary N) is 1. The average Bonchev–Trinajstić information content (AvgIpc) is 2.28. The zero-order chi connectivity index (χ0) is 12.1. The molecule has 0 heterocycles. The number of aryl methyl sites for hydroxylation is 1. The number of nitrogens with zero attached hydrogens (tertiary/aromatic N) is 1. The molecule has 2 N–H and O–H groups in total. The summed E-state index contributed by atoms with van der Waals surface area (Å²) >= 11 is 0. The third-order valence-corrected chi connectivity index (χ3v) is 2.95. The molecule has 0 aliphatic rings. The van der Waals surface area contributed by atoms with Crippen LogP contribution in [0.1, 0.15) is 18.1 Å². The second-order valence-electron chi connectivity index (χ2n) is 4.32. The van der Waals surface area contributed by atoms with Crippen molar-refractivity contribution in [3.05, 3.63) is 29.3 Å². The lowest BCUT2D eigenvalue weighted by molar-refractivity contribution is 0.250. The van der Waals surface area contributed by atoms with Gasteiger partial charge in [-0.15, -0.1) is 0 Å². The van der Waals surface area contributed by atoms with Crippen molar-refractivity contribution in [3.63, 3.8) is 0 Å². The van der Waals surface area contributed by atoms with Crippen molar-refractivity contribution in [2.45, 2.75) is 26.4 Å². The quantitative estimate of drug-likeness (QED) is 0.825. The first kappa shape index (κ1) is 13.0. The number of rotatable bonds is 5. The molecule has 0 saturated heterocycles. The molecule has 0 saturated carbocycles. The fraction of sp³-hybridized carbons (Fsp3) is 0.538. The number of hydrogen-bond acceptors (Lipinski definition) is 3. The van der Waals surface area contributed by atoms with E-state index >= 15 is 0 Å². The molecule has 0 fully saturated rings. The van der Waals surface area contributed by atoms with Gasteiger partial charge in [-0.3, -0.25) is 4.90 Å². The molecule has 1 aromatic rings. The van der Waals surface area contributed by atoms with Crippen molar-refractivity contribution in [2.24, 2.45) is 5.73 Å². The minimum atomic E-state index is 0.380. The van der Waals surface area contributed by atoms with Crippen molar-refractivity contribution >= 4 is 0 Å². The molecule has 0 amide bonds. The molecule has 0 aliphatic carbocycles. The van der Waals surface area contributed by atoms with E-state index in [9.17, 15) is 0 Å². The van der Waals surface area contributed by atoms with Gasteiger partial charge in [-0.25, -0.2) is 0 Å². The second-order valence-corrected chi connectivity index (χ2v) is 4.32. The van der Waals surface area contributed by atoms with E-state index in [2.05, 4.69) is 37.9 Å². The summed E-state index contributed by atoms with van der Waals surface area (Å²) in [5.41, 5.74) is 8.12. The summed E-state index contributed by atoms with van der Waals surface area (Å²) in [6.07, 6.45) is 0. The Morgan fingerprint density at radius 2 is 2.12 bits per heavy atom. The van der Waals surface area contributed by atoms with Gasteiger partial charge in [0.15, 0.2) is 0 Å². The van der Waals surface area contributed by atoms with Crippen LogP contribution in [0.15, 0.2) is 18.2 Å². The first-order chi connectivity index (χ1) is 7.58. The summed E-state index contributed by atoms with van der Waals surface area (Å²) in [7, 11) is 3.79. The van der Waals surface area contributed by atoms with Crippen molar-refractivity contribution in [1.29, 1.82) is 0 Å². The van der Waals surface area contributed by atoms with Gasteiger partial charge in [0.05, 0.1) is 7.11 Å². The van der Waals surface area contributed by atoms with E-state index < -0.39 is 0 Å². The number of methoxy groups -OCH3 is 1. The van der Waals surface area contributed by atoms with Crippen LogP contribution < -0.4 is 10.5 Å². The van der Waals surface area contributed by atoms with Gasteiger partial charge in [-0.1, -0.05) is 17.7 Å². The molecule has 1 aromatic carbocycles. The Labute approximate surface area is 98.2 Å². The molecule has 16 heavy (non-hydrogen) atoms. The van der Waals surface area contributed by atoms with Gasteiger partial charge in [-0.2, -0.15) is 0 Å². The maximum absolute atomic E-state index is 5.65. The summed E-state index contributed by atoms with van der Waals surface area (Å²) in [4.78, 5) is 2.23. The number of ether oxygens (including phenoxy) is 1. The van der Waals surface area contributed by atoms with Crippen LogP contribution in [0.5, 0.6) is 5.75 Å². The molecule has 1 unspecified atom stereocenters. The Kier molecular flexibility index (Phi) is 4.77. The van der Waals surface area contributed by atoms with Gasteiger partial charge in [0.1, 0.15) is 5.75 Å². The van der Waals surface area contributed by atoms with E-state index in [0.29, 0.717) is 12.6 Å². The van der Waals surface area contributed by atoms with Gasteiger partial charge in [-0.05, 0) is 27.0 Å². The normalized spacial score (nSPS) is 12.9. The van der Waals surface area contributed by atoms with Gasteiger partial charge in [0.25, 0.3) is 0 Å². The largest absolute Gasteiger partial charge is 0.496 e. The van der Waals surface area contributed by atoms with Crippen LogP contribution in [-0.4, -0.2) is 31.6 Å². The zero-order valence-electron chi connectivity index (χ0n) is 10.7. The Hall–Kier alpha value is -1.06. The van der Waals surface area contributed by atoms with Crippen LogP contribution in [0.3, 0.4) is 0 Å². The van der Waals surface area contributed by atoms with Crippen molar-refractivity contribution in [1.82, 2.24) is 4.90 Å². The minimum Gasteiger partial charge on any atom is -0.496 e. The summed E-state index contributed by atoms with van der Waals surface area (Å²) in [5, 5.41) is 0. The fourth-order valence-electron chi connectivity index (χ4n) is 1.64. The van der Waals surface area contributed by atoms with E-state index in [1.165, 1.54) is 11.1 Å². The molecule has 0 radical (unpaired) electrons. The lowest BCUT2D eigenvalue weighted by Gasteiger charge is -2.24. The Balaban J connectivity index is 2.82. The van der Waals surface area contributed by atoms with Crippen LogP contribution in [0.2, 0.25) is 0 Å². The summed E-state index contributed by atoms with van der Waals surface area (Å²) in [5.74, 6) is 0.946. The van der Waals surface area contributed by atoms with Gasteiger partial charge in [0.2, 0.25) is 0 Å². The predicted octanol–water partition coefficient (Wildman–Crippen LogP) is 1.78. The zero-order valence-corrected chi connectivity index (χ0v) is 10.7. The first-order valence-electron chi connectivity index (χ1n) is 5.62. The summed E-state index contributed by atoms with van der Waals surface area (Å²) in [6, 6.07) is 6.63. The Bertz CT molecular complexity index is 339. The maximum Gasteiger partial charge on any atom is 0.123 e. The molecule has 3 nitrogen and oxygen atoms in total. The lowest BCUT2D eigenvalue weighted by Crippen LogP contribution is -2.34. The number of benzene rings is 1. The average molecular weight is 222 g/mol. The molecular weight excluding hydrogens is 200 g/mol. The van der Waals surface area contributed by atoms with Crippen LogP contribution in [0.25, 0.3) is 0 Å². The molecule has 1 rings (SSSR count). The first-order valence-corrected chi connectivity index (χ1v) is 5.62. The molecular formula is C13H22N2O. The molecule has 0 bridgehead atoms. The predicted molar refractivity (Wildman–Crippen MR) is 67.7 cm³/mol. The highest BCUT2D eigenvalue weighted by molar-refractivity contribution is 5.36. The van der Waals surface area contributed by atoms with Crippen molar-refractivity contribution in [3.8, 4) is 5.75 Å². The molecule has 1 atom stereocenters. The SMILES string of the molecule is COc1ccc(C)cc1CN(C)C(C)CN. The van der Waals surface area contributed by atoms with Crippen LogP contribution in [0, 0.1) is 6.92 Å². The molecule has 0 aliphatic heterocycles. The van der Waals surface area contributed by atoms with Gasteiger partial charge >= 0.3 is 0 Å². The highest BCUT2D eigenvalue weighted by atomic mass is 16.5. The Morgan fingerprint density at radius 1 is 1.44 bits per heavy atom. The highest BCUT2D eigenvalue weighted by Gasteiger charge is 2.10.